The van der Waals surface area contributed by atoms with Gasteiger partial charge in [0.05, 0.1) is 23.3 Å². The van der Waals surface area contributed by atoms with Gasteiger partial charge in [-0.1, -0.05) is 38.1 Å². The Labute approximate surface area is 127 Å². The first-order valence-corrected chi connectivity index (χ1v) is 8.41. The van der Waals surface area contributed by atoms with Crippen LogP contribution in [0.5, 0.6) is 0 Å². The summed E-state index contributed by atoms with van der Waals surface area (Å²) in [5.41, 5.74) is -0.983. The molecule has 0 saturated heterocycles. The second kappa shape index (κ2) is 5.50. The molecule has 2 rings (SSSR count). The summed E-state index contributed by atoms with van der Waals surface area (Å²) in [6.07, 6.45) is -5.35. The number of hydrogen-bond donors (Lipinski definition) is 2. The lowest BCUT2D eigenvalue weighted by molar-refractivity contribution is -0.203. The maximum absolute atomic E-state index is 12.9. The Morgan fingerprint density at radius 3 is 2.45 bits per heavy atom. The van der Waals surface area contributed by atoms with Crippen molar-refractivity contribution in [3.63, 3.8) is 0 Å². The fourth-order valence-corrected chi connectivity index (χ4v) is 4.38. The van der Waals surface area contributed by atoms with Gasteiger partial charge in [0.15, 0.2) is 0 Å². The normalized spacial score (nSPS) is 22.6. The van der Waals surface area contributed by atoms with Gasteiger partial charge in [-0.05, 0) is 11.1 Å². The Balaban J connectivity index is 2.20. The van der Waals surface area contributed by atoms with Crippen LogP contribution >= 0.6 is 0 Å². The molecule has 0 radical (unpaired) electrons. The third-order valence-corrected chi connectivity index (χ3v) is 5.54. The molecule has 1 aliphatic rings. The van der Waals surface area contributed by atoms with Gasteiger partial charge in [-0.15, -0.1) is 0 Å². The van der Waals surface area contributed by atoms with E-state index in [0.29, 0.717) is 5.56 Å². The number of nitrogens with one attached hydrogen (secondary N) is 1. The molecule has 124 valence electrons. The molecule has 2 atom stereocenters. The number of hydrogen-bond acceptors (Lipinski definition) is 3. The summed E-state index contributed by atoms with van der Waals surface area (Å²) in [5.74, 6) is -1.09. The molecule has 0 saturated carbocycles. The average Bonchev–Trinajstić information content (AvgIpc) is 2.63. The second-order valence-electron chi connectivity index (χ2n) is 6.21. The maximum atomic E-state index is 12.9. The fraction of sp³-hybridized carbons (Fsp3) is 0.571. The van der Waals surface area contributed by atoms with Crippen LogP contribution in [0, 0.1) is 5.41 Å². The molecule has 0 amide bonds. The van der Waals surface area contributed by atoms with Crippen LogP contribution in [0.2, 0.25) is 0 Å². The minimum atomic E-state index is -4.63. The van der Waals surface area contributed by atoms with Crippen LogP contribution in [0.25, 0.3) is 0 Å². The van der Waals surface area contributed by atoms with E-state index in [2.05, 4.69) is 4.72 Å². The van der Waals surface area contributed by atoms with E-state index in [1.54, 1.807) is 24.3 Å². The molecule has 2 N–H and O–H groups in total. The molecule has 0 heterocycles. The predicted molar refractivity (Wildman–Crippen MR) is 75.7 cm³/mol. The Morgan fingerprint density at radius 1 is 1.27 bits per heavy atom. The molecule has 22 heavy (non-hydrogen) atoms. The van der Waals surface area contributed by atoms with E-state index < -0.39 is 39.5 Å². The van der Waals surface area contributed by atoms with Gasteiger partial charge in [-0.3, -0.25) is 0 Å². The van der Waals surface area contributed by atoms with Crippen LogP contribution in [0.15, 0.2) is 24.3 Å². The summed E-state index contributed by atoms with van der Waals surface area (Å²) in [6.45, 7) is 1.68. The predicted octanol–water partition coefficient (Wildman–Crippen LogP) is 2.15. The highest BCUT2D eigenvalue weighted by Gasteiger charge is 2.50. The fourth-order valence-electron chi connectivity index (χ4n) is 2.51. The highest BCUT2D eigenvalue weighted by molar-refractivity contribution is 7.89. The third-order valence-electron chi connectivity index (χ3n) is 3.83. The quantitative estimate of drug-likeness (QED) is 0.885. The van der Waals surface area contributed by atoms with Gasteiger partial charge in [-0.2, -0.15) is 13.2 Å². The van der Waals surface area contributed by atoms with E-state index in [1.807, 2.05) is 0 Å². The Hall–Kier alpha value is -1.12. The summed E-state index contributed by atoms with van der Waals surface area (Å²) in [7, 11) is -4.21. The highest BCUT2D eigenvalue weighted by Crippen LogP contribution is 2.39. The van der Waals surface area contributed by atoms with Crippen LogP contribution in [0.1, 0.15) is 31.0 Å². The first-order chi connectivity index (χ1) is 9.93. The van der Waals surface area contributed by atoms with Crippen molar-refractivity contribution in [2.45, 2.75) is 38.6 Å². The summed E-state index contributed by atoms with van der Waals surface area (Å²) in [5, 5.41) is 9.98. The molecule has 4 nitrogen and oxygen atoms in total. The minimum Gasteiger partial charge on any atom is -0.391 e. The number of alkyl halides is 3. The number of benzene rings is 1. The molecule has 8 heteroatoms. The van der Waals surface area contributed by atoms with Crippen LogP contribution in [-0.4, -0.2) is 31.6 Å². The molecule has 1 aliphatic carbocycles. The standard InChI is InChI=1S/C14H18F3NO3S/c1-13(2,14(15,16)17)8-22(20,21)18-12-10-6-4-3-5-9(10)7-11(12)19/h3-6,11-12,18-19H,7-8H2,1-2H3. The van der Waals surface area contributed by atoms with E-state index in [9.17, 15) is 26.7 Å². The topological polar surface area (TPSA) is 66.4 Å². The zero-order valence-corrected chi connectivity index (χ0v) is 13.0. The van der Waals surface area contributed by atoms with E-state index in [1.165, 1.54) is 0 Å². The van der Waals surface area contributed by atoms with Gasteiger partial charge >= 0.3 is 6.18 Å². The molecule has 1 aromatic rings. The van der Waals surface area contributed by atoms with Crippen molar-refractivity contribution in [2.24, 2.45) is 5.41 Å². The Bertz CT molecular complexity index is 656. The number of aliphatic hydroxyl groups excluding tert-OH is 1. The zero-order chi connectivity index (χ0) is 16.8. The minimum absolute atomic E-state index is 0.270. The number of fused-ring (bicyclic) bond motifs is 1. The summed E-state index contributed by atoms with van der Waals surface area (Å²) in [4.78, 5) is 0. The summed E-state index contributed by atoms with van der Waals surface area (Å²) in [6, 6.07) is 5.96. The van der Waals surface area contributed by atoms with Crippen LogP contribution in [-0.2, 0) is 16.4 Å². The van der Waals surface area contributed by atoms with Gasteiger partial charge in [0, 0.05) is 6.42 Å². The van der Waals surface area contributed by atoms with Gasteiger partial charge < -0.3 is 5.11 Å². The van der Waals surface area contributed by atoms with Crippen molar-refractivity contribution in [3.8, 4) is 0 Å². The number of aliphatic hydroxyl groups is 1. The highest BCUT2D eigenvalue weighted by atomic mass is 32.2. The zero-order valence-electron chi connectivity index (χ0n) is 12.2. The van der Waals surface area contributed by atoms with Crippen molar-refractivity contribution >= 4 is 10.0 Å². The monoisotopic (exact) mass is 337 g/mol. The van der Waals surface area contributed by atoms with E-state index in [0.717, 1.165) is 19.4 Å². The molecule has 1 aromatic carbocycles. The average molecular weight is 337 g/mol. The first-order valence-electron chi connectivity index (χ1n) is 6.75. The van der Waals surface area contributed by atoms with Crippen molar-refractivity contribution in [2.75, 3.05) is 5.75 Å². The summed E-state index contributed by atoms with van der Waals surface area (Å²) >= 11 is 0. The largest absolute Gasteiger partial charge is 0.395 e. The molecule has 0 aromatic heterocycles. The smallest absolute Gasteiger partial charge is 0.391 e. The Kier molecular flexibility index (Phi) is 4.31. The summed E-state index contributed by atoms with van der Waals surface area (Å²) < 4.78 is 64.9. The number of rotatable bonds is 4. The maximum Gasteiger partial charge on any atom is 0.395 e. The molecule has 0 bridgehead atoms. The van der Waals surface area contributed by atoms with Crippen molar-refractivity contribution < 1.29 is 26.7 Å². The molecular weight excluding hydrogens is 319 g/mol. The molecule has 0 spiro atoms. The first kappa shape index (κ1) is 17.2. The lowest BCUT2D eigenvalue weighted by atomic mass is 9.96. The molecule has 0 fully saturated rings. The van der Waals surface area contributed by atoms with Gasteiger partial charge in [-0.25, -0.2) is 13.1 Å². The SMILES string of the molecule is CC(C)(CS(=O)(=O)NC1c2ccccc2CC1O)C(F)(F)F. The number of sulfonamides is 1. The van der Waals surface area contributed by atoms with Crippen molar-refractivity contribution in [3.05, 3.63) is 35.4 Å². The van der Waals surface area contributed by atoms with Crippen molar-refractivity contribution in [1.29, 1.82) is 0 Å². The lowest BCUT2D eigenvalue weighted by Crippen LogP contribution is -2.44. The van der Waals surface area contributed by atoms with Crippen molar-refractivity contribution in [1.82, 2.24) is 4.72 Å². The molecule has 2 unspecified atom stereocenters. The van der Waals surface area contributed by atoms with Gasteiger partial charge in [0.2, 0.25) is 10.0 Å². The van der Waals surface area contributed by atoms with Crippen LogP contribution in [0.4, 0.5) is 13.2 Å². The van der Waals surface area contributed by atoms with E-state index in [4.69, 9.17) is 0 Å². The lowest BCUT2D eigenvalue weighted by Gasteiger charge is -2.28. The van der Waals surface area contributed by atoms with Gasteiger partial charge in [0.1, 0.15) is 0 Å². The Morgan fingerprint density at radius 2 is 1.86 bits per heavy atom. The molecule has 0 aliphatic heterocycles. The third kappa shape index (κ3) is 3.44. The van der Waals surface area contributed by atoms with Crippen LogP contribution in [0.3, 0.4) is 0 Å². The molecular formula is C14H18F3NO3S. The number of halogens is 3. The van der Waals surface area contributed by atoms with Gasteiger partial charge in [0.25, 0.3) is 0 Å². The van der Waals surface area contributed by atoms with Crippen LogP contribution < -0.4 is 4.72 Å². The second-order valence-corrected chi connectivity index (χ2v) is 7.96. The van der Waals surface area contributed by atoms with E-state index >= 15 is 0 Å². The van der Waals surface area contributed by atoms with E-state index in [-0.39, 0.29) is 6.42 Å².